The van der Waals surface area contributed by atoms with Crippen LogP contribution in [0.25, 0.3) is 0 Å². The van der Waals surface area contributed by atoms with Gasteiger partial charge in [0.25, 0.3) is 0 Å². The highest BCUT2D eigenvalue weighted by Crippen LogP contribution is 2.17. The van der Waals surface area contributed by atoms with Gasteiger partial charge < -0.3 is 10.6 Å². The smallest absolute Gasteiger partial charge is 0.226 e. The number of anilines is 1. The Balaban J connectivity index is 1.92. The number of carbonyl (C=O) groups excluding carboxylic acids is 1. The summed E-state index contributed by atoms with van der Waals surface area (Å²) in [6, 6.07) is 3.88. The van der Waals surface area contributed by atoms with Crippen LogP contribution in [0.2, 0.25) is 0 Å². The standard InChI is InChI=1S/C13H16F2N2O/c14-10-5-3-6-11(13(10)15)17-12(18)8-9-4-1-2-7-16-9/h3,5-6,9,16H,1-2,4,7-8H2,(H,17,18). The molecule has 1 aliphatic heterocycles. The van der Waals surface area contributed by atoms with E-state index in [1.54, 1.807) is 0 Å². The van der Waals surface area contributed by atoms with Crippen LogP contribution in [0.5, 0.6) is 0 Å². The molecule has 0 radical (unpaired) electrons. The van der Waals surface area contributed by atoms with Crippen molar-refractivity contribution in [1.29, 1.82) is 0 Å². The normalized spacial score (nSPS) is 19.6. The van der Waals surface area contributed by atoms with Gasteiger partial charge in [-0.15, -0.1) is 0 Å². The van der Waals surface area contributed by atoms with Crippen molar-refractivity contribution in [2.45, 2.75) is 31.7 Å². The third kappa shape index (κ3) is 3.26. The summed E-state index contributed by atoms with van der Waals surface area (Å²) in [7, 11) is 0. The Bertz CT molecular complexity index is 431. The van der Waals surface area contributed by atoms with E-state index >= 15 is 0 Å². The Morgan fingerprint density at radius 3 is 2.94 bits per heavy atom. The van der Waals surface area contributed by atoms with Crippen LogP contribution in [-0.4, -0.2) is 18.5 Å². The van der Waals surface area contributed by atoms with Gasteiger partial charge in [-0.1, -0.05) is 12.5 Å². The Morgan fingerprint density at radius 2 is 2.22 bits per heavy atom. The van der Waals surface area contributed by atoms with Crippen LogP contribution < -0.4 is 10.6 Å². The fourth-order valence-electron chi connectivity index (χ4n) is 2.12. The van der Waals surface area contributed by atoms with E-state index in [-0.39, 0.29) is 24.1 Å². The minimum absolute atomic E-state index is 0.101. The average molecular weight is 254 g/mol. The number of piperidine rings is 1. The first-order valence-electron chi connectivity index (χ1n) is 6.14. The zero-order chi connectivity index (χ0) is 13.0. The predicted molar refractivity (Wildman–Crippen MR) is 65.2 cm³/mol. The predicted octanol–water partition coefficient (Wildman–Crippen LogP) is 2.44. The van der Waals surface area contributed by atoms with E-state index in [1.807, 2.05) is 0 Å². The van der Waals surface area contributed by atoms with E-state index in [4.69, 9.17) is 0 Å². The number of rotatable bonds is 3. The molecule has 0 saturated carbocycles. The van der Waals surface area contributed by atoms with Crippen LogP contribution in [0, 0.1) is 11.6 Å². The summed E-state index contributed by atoms with van der Waals surface area (Å²) in [5, 5.41) is 5.64. The number of carbonyl (C=O) groups is 1. The van der Waals surface area contributed by atoms with Gasteiger partial charge in [0, 0.05) is 12.5 Å². The molecule has 98 valence electrons. The Hall–Kier alpha value is -1.49. The van der Waals surface area contributed by atoms with Crippen LogP contribution in [-0.2, 0) is 4.79 Å². The minimum atomic E-state index is -1.01. The number of nitrogens with one attached hydrogen (secondary N) is 2. The van der Waals surface area contributed by atoms with Crippen molar-refractivity contribution < 1.29 is 13.6 Å². The lowest BCUT2D eigenvalue weighted by Crippen LogP contribution is -2.37. The summed E-state index contributed by atoms with van der Waals surface area (Å²) in [5.41, 5.74) is -0.101. The highest BCUT2D eigenvalue weighted by molar-refractivity contribution is 5.91. The van der Waals surface area contributed by atoms with Crippen LogP contribution in [0.4, 0.5) is 14.5 Å². The van der Waals surface area contributed by atoms with Crippen LogP contribution in [0.1, 0.15) is 25.7 Å². The lowest BCUT2D eigenvalue weighted by atomic mass is 10.0. The van der Waals surface area contributed by atoms with Crippen molar-refractivity contribution >= 4 is 11.6 Å². The second kappa shape index (κ2) is 5.91. The number of hydrogen-bond acceptors (Lipinski definition) is 2. The Labute approximate surface area is 105 Å². The first kappa shape index (κ1) is 13.0. The third-order valence-electron chi connectivity index (χ3n) is 3.07. The lowest BCUT2D eigenvalue weighted by Gasteiger charge is -2.22. The van der Waals surface area contributed by atoms with E-state index in [0.29, 0.717) is 0 Å². The molecule has 1 saturated heterocycles. The second-order valence-electron chi connectivity index (χ2n) is 4.50. The van der Waals surface area contributed by atoms with Crippen LogP contribution in [0.15, 0.2) is 18.2 Å². The molecule has 3 nitrogen and oxygen atoms in total. The van der Waals surface area contributed by atoms with Crippen LogP contribution >= 0.6 is 0 Å². The molecule has 1 atom stereocenters. The molecule has 0 aliphatic carbocycles. The van der Waals surface area contributed by atoms with Crippen LogP contribution in [0.3, 0.4) is 0 Å². The Morgan fingerprint density at radius 1 is 1.39 bits per heavy atom. The van der Waals surface area contributed by atoms with Crippen molar-refractivity contribution in [2.24, 2.45) is 0 Å². The summed E-state index contributed by atoms with van der Waals surface area (Å²) in [5.74, 6) is -2.26. The molecule has 0 aromatic heterocycles. The topological polar surface area (TPSA) is 41.1 Å². The fourth-order valence-corrected chi connectivity index (χ4v) is 2.12. The van der Waals surface area contributed by atoms with E-state index in [1.165, 1.54) is 12.1 Å². The quantitative estimate of drug-likeness (QED) is 0.869. The highest BCUT2D eigenvalue weighted by Gasteiger charge is 2.17. The summed E-state index contributed by atoms with van der Waals surface area (Å²) in [4.78, 5) is 11.7. The zero-order valence-electron chi connectivity index (χ0n) is 10.0. The first-order valence-corrected chi connectivity index (χ1v) is 6.14. The monoisotopic (exact) mass is 254 g/mol. The van der Waals surface area contributed by atoms with Gasteiger partial charge in [0.15, 0.2) is 11.6 Å². The van der Waals surface area contributed by atoms with E-state index in [9.17, 15) is 13.6 Å². The van der Waals surface area contributed by atoms with Gasteiger partial charge in [0.2, 0.25) is 5.91 Å². The van der Waals surface area contributed by atoms with E-state index in [0.717, 1.165) is 31.9 Å². The Kier molecular flexibility index (Phi) is 4.25. The zero-order valence-corrected chi connectivity index (χ0v) is 10.0. The van der Waals surface area contributed by atoms with Gasteiger partial charge in [-0.2, -0.15) is 0 Å². The molecule has 1 aromatic rings. The minimum Gasteiger partial charge on any atom is -0.323 e. The molecule has 5 heteroatoms. The molecule has 1 unspecified atom stereocenters. The molecule has 1 amide bonds. The van der Waals surface area contributed by atoms with Crippen molar-refractivity contribution in [2.75, 3.05) is 11.9 Å². The summed E-state index contributed by atoms with van der Waals surface area (Å²) >= 11 is 0. The van der Waals surface area contributed by atoms with Gasteiger partial charge in [0.05, 0.1) is 5.69 Å². The number of hydrogen-bond donors (Lipinski definition) is 2. The maximum Gasteiger partial charge on any atom is 0.226 e. The van der Waals surface area contributed by atoms with Gasteiger partial charge in [-0.05, 0) is 31.5 Å². The highest BCUT2D eigenvalue weighted by atomic mass is 19.2. The molecular formula is C13H16F2N2O. The van der Waals surface area contributed by atoms with Gasteiger partial charge in [0.1, 0.15) is 0 Å². The van der Waals surface area contributed by atoms with Crippen molar-refractivity contribution in [1.82, 2.24) is 5.32 Å². The SMILES string of the molecule is O=C(CC1CCCCN1)Nc1cccc(F)c1F. The third-order valence-corrected chi connectivity index (χ3v) is 3.07. The first-order chi connectivity index (χ1) is 8.66. The molecule has 1 aromatic carbocycles. The maximum atomic E-state index is 13.3. The summed E-state index contributed by atoms with van der Waals surface area (Å²) in [6.07, 6.45) is 3.45. The maximum absolute atomic E-state index is 13.3. The molecule has 1 fully saturated rings. The van der Waals surface area contributed by atoms with Gasteiger partial charge >= 0.3 is 0 Å². The van der Waals surface area contributed by atoms with E-state index < -0.39 is 11.6 Å². The van der Waals surface area contributed by atoms with Crippen molar-refractivity contribution in [3.8, 4) is 0 Å². The second-order valence-corrected chi connectivity index (χ2v) is 4.50. The van der Waals surface area contributed by atoms with Gasteiger partial charge in [-0.3, -0.25) is 4.79 Å². The lowest BCUT2D eigenvalue weighted by molar-refractivity contribution is -0.116. The number of halogens is 2. The molecule has 18 heavy (non-hydrogen) atoms. The van der Waals surface area contributed by atoms with Crippen molar-refractivity contribution in [3.63, 3.8) is 0 Å². The fraction of sp³-hybridized carbons (Fsp3) is 0.462. The molecule has 1 heterocycles. The molecule has 0 bridgehead atoms. The summed E-state index contributed by atoms with van der Waals surface area (Å²) < 4.78 is 26.3. The molecular weight excluding hydrogens is 238 g/mol. The number of amides is 1. The summed E-state index contributed by atoms with van der Waals surface area (Å²) in [6.45, 7) is 0.909. The average Bonchev–Trinajstić information content (AvgIpc) is 2.36. The van der Waals surface area contributed by atoms with Gasteiger partial charge in [-0.25, -0.2) is 8.78 Å². The largest absolute Gasteiger partial charge is 0.323 e. The number of benzene rings is 1. The molecule has 1 aliphatic rings. The van der Waals surface area contributed by atoms with E-state index in [2.05, 4.69) is 10.6 Å². The molecule has 2 N–H and O–H groups in total. The molecule has 0 spiro atoms. The van der Waals surface area contributed by atoms with Crippen molar-refractivity contribution in [3.05, 3.63) is 29.8 Å². The molecule has 2 rings (SSSR count).